The number of hydrogen-bond acceptors (Lipinski definition) is 3. The van der Waals surface area contributed by atoms with Gasteiger partial charge in [-0.25, -0.2) is 0 Å². The van der Waals surface area contributed by atoms with Gasteiger partial charge in [0.2, 0.25) is 0 Å². The fourth-order valence-electron chi connectivity index (χ4n) is 1.09. The lowest BCUT2D eigenvalue weighted by molar-refractivity contribution is -0.384. The van der Waals surface area contributed by atoms with Gasteiger partial charge in [0.15, 0.2) is 0 Å². The van der Waals surface area contributed by atoms with E-state index in [0.717, 1.165) is 18.5 Å². The third-order valence-corrected chi connectivity index (χ3v) is 1.79. The molecule has 14 heavy (non-hydrogen) atoms. The van der Waals surface area contributed by atoms with E-state index >= 15 is 0 Å². The van der Waals surface area contributed by atoms with Gasteiger partial charge in [0.1, 0.15) is 0 Å². The van der Waals surface area contributed by atoms with Gasteiger partial charge in [-0.3, -0.25) is 10.1 Å². The number of halogens is 1. The van der Waals surface area contributed by atoms with Crippen LogP contribution in [0, 0.1) is 10.1 Å². The van der Waals surface area contributed by atoms with E-state index < -0.39 is 0 Å². The summed E-state index contributed by atoms with van der Waals surface area (Å²) in [6, 6.07) is 6.72. The van der Waals surface area contributed by atoms with Crippen LogP contribution in [-0.4, -0.2) is 18.5 Å². The number of nitrogens with one attached hydrogen (secondary N) is 1. The quantitative estimate of drug-likeness (QED) is 0.617. The van der Waals surface area contributed by atoms with E-state index in [1.54, 1.807) is 12.1 Å². The van der Waals surface area contributed by atoms with E-state index in [1.807, 2.05) is 13.1 Å². The van der Waals surface area contributed by atoms with E-state index in [1.165, 1.54) is 6.07 Å². The minimum Gasteiger partial charge on any atom is -0.319 e. The van der Waals surface area contributed by atoms with Crippen molar-refractivity contribution < 1.29 is 4.92 Å². The number of likely N-dealkylation sites (N-methyl/N-ethyl adjacent to an activating group) is 1. The SMILES string of the molecule is CNCCc1cccc([N+](=O)[O-])c1.Cl. The topological polar surface area (TPSA) is 55.2 Å². The number of rotatable bonds is 4. The van der Waals surface area contributed by atoms with Crippen LogP contribution >= 0.6 is 12.4 Å². The molecule has 0 atom stereocenters. The van der Waals surface area contributed by atoms with E-state index in [4.69, 9.17) is 0 Å². The van der Waals surface area contributed by atoms with Crippen molar-refractivity contribution in [3.8, 4) is 0 Å². The van der Waals surface area contributed by atoms with Crippen molar-refractivity contribution in [1.29, 1.82) is 0 Å². The molecule has 78 valence electrons. The molecule has 0 amide bonds. The Morgan fingerprint density at radius 3 is 2.79 bits per heavy atom. The average molecular weight is 217 g/mol. The Hall–Kier alpha value is -1.13. The zero-order valence-electron chi connectivity index (χ0n) is 7.90. The summed E-state index contributed by atoms with van der Waals surface area (Å²) in [6.45, 7) is 0.834. The number of nitro groups is 1. The summed E-state index contributed by atoms with van der Waals surface area (Å²) in [5.74, 6) is 0. The third kappa shape index (κ3) is 3.72. The lowest BCUT2D eigenvalue weighted by Crippen LogP contribution is -2.10. The van der Waals surface area contributed by atoms with Crippen LogP contribution in [0.2, 0.25) is 0 Å². The summed E-state index contributed by atoms with van der Waals surface area (Å²) in [5.41, 5.74) is 1.15. The van der Waals surface area contributed by atoms with Crippen molar-refractivity contribution in [2.45, 2.75) is 6.42 Å². The van der Waals surface area contributed by atoms with E-state index in [-0.39, 0.29) is 23.0 Å². The van der Waals surface area contributed by atoms with E-state index in [0.29, 0.717) is 0 Å². The normalized spacial score (nSPS) is 9.21. The Morgan fingerprint density at radius 2 is 2.21 bits per heavy atom. The molecule has 1 rings (SSSR count). The second-order valence-electron chi connectivity index (χ2n) is 2.78. The van der Waals surface area contributed by atoms with Gasteiger partial charge in [0.25, 0.3) is 5.69 Å². The van der Waals surface area contributed by atoms with Crippen LogP contribution in [0.4, 0.5) is 5.69 Å². The highest BCUT2D eigenvalue weighted by Gasteiger charge is 2.04. The molecule has 5 heteroatoms. The molecule has 0 unspecified atom stereocenters. The Labute approximate surface area is 88.9 Å². The smallest absolute Gasteiger partial charge is 0.269 e. The summed E-state index contributed by atoms with van der Waals surface area (Å²) in [4.78, 5) is 10.0. The first-order valence-corrected chi connectivity index (χ1v) is 4.12. The number of hydrogen-bond donors (Lipinski definition) is 1. The highest BCUT2D eigenvalue weighted by atomic mass is 35.5. The van der Waals surface area contributed by atoms with Crippen LogP contribution in [0.25, 0.3) is 0 Å². The third-order valence-electron chi connectivity index (χ3n) is 1.79. The molecule has 0 fully saturated rings. The first-order chi connectivity index (χ1) is 6.24. The summed E-state index contributed by atoms with van der Waals surface area (Å²) in [6.07, 6.45) is 0.818. The van der Waals surface area contributed by atoms with Crippen LogP contribution in [0.3, 0.4) is 0 Å². The van der Waals surface area contributed by atoms with Crippen molar-refractivity contribution in [1.82, 2.24) is 5.32 Å². The Morgan fingerprint density at radius 1 is 1.50 bits per heavy atom. The molecule has 4 nitrogen and oxygen atoms in total. The fourth-order valence-corrected chi connectivity index (χ4v) is 1.09. The lowest BCUT2D eigenvalue weighted by atomic mass is 10.1. The molecule has 0 bridgehead atoms. The highest BCUT2D eigenvalue weighted by molar-refractivity contribution is 5.85. The van der Waals surface area contributed by atoms with Gasteiger partial charge in [-0.1, -0.05) is 12.1 Å². The highest BCUT2D eigenvalue weighted by Crippen LogP contribution is 2.12. The molecular weight excluding hydrogens is 204 g/mol. The molecule has 1 aromatic rings. The van der Waals surface area contributed by atoms with Crippen LogP contribution < -0.4 is 5.32 Å². The van der Waals surface area contributed by atoms with Crippen LogP contribution in [0.1, 0.15) is 5.56 Å². The van der Waals surface area contributed by atoms with Crippen molar-refractivity contribution in [3.63, 3.8) is 0 Å². The molecule has 0 aromatic heterocycles. The maximum Gasteiger partial charge on any atom is 0.269 e. The zero-order valence-corrected chi connectivity index (χ0v) is 8.71. The number of benzene rings is 1. The molecule has 0 aliphatic heterocycles. The number of non-ortho nitro benzene ring substituents is 1. The van der Waals surface area contributed by atoms with E-state index in [2.05, 4.69) is 5.32 Å². The second-order valence-corrected chi connectivity index (χ2v) is 2.78. The molecule has 0 heterocycles. The van der Waals surface area contributed by atoms with Crippen molar-refractivity contribution >= 4 is 18.1 Å². The van der Waals surface area contributed by atoms with Gasteiger partial charge in [0.05, 0.1) is 4.92 Å². The monoisotopic (exact) mass is 216 g/mol. The molecule has 1 aromatic carbocycles. The summed E-state index contributed by atoms with van der Waals surface area (Å²) in [7, 11) is 1.86. The van der Waals surface area contributed by atoms with Crippen molar-refractivity contribution in [2.24, 2.45) is 0 Å². The predicted molar refractivity (Wildman–Crippen MR) is 58.0 cm³/mol. The molecule has 0 aliphatic carbocycles. The Balaban J connectivity index is 0.00000169. The molecule has 0 saturated heterocycles. The van der Waals surface area contributed by atoms with Crippen LogP contribution in [0.5, 0.6) is 0 Å². The fraction of sp³-hybridized carbons (Fsp3) is 0.333. The molecule has 0 saturated carbocycles. The van der Waals surface area contributed by atoms with Gasteiger partial charge in [-0.05, 0) is 25.6 Å². The zero-order chi connectivity index (χ0) is 9.68. The van der Waals surface area contributed by atoms with Gasteiger partial charge in [-0.15, -0.1) is 12.4 Å². The molecule has 1 N–H and O–H groups in total. The minimum absolute atomic E-state index is 0. The van der Waals surface area contributed by atoms with Crippen LogP contribution in [0.15, 0.2) is 24.3 Å². The molecule has 0 spiro atoms. The lowest BCUT2D eigenvalue weighted by Gasteiger charge is -1.99. The van der Waals surface area contributed by atoms with Gasteiger partial charge < -0.3 is 5.32 Å². The maximum absolute atomic E-state index is 10.4. The number of nitrogens with zero attached hydrogens (tertiary/aromatic N) is 1. The minimum atomic E-state index is -0.372. The summed E-state index contributed by atoms with van der Waals surface area (Å²) in [5, 5.41) is 13.4. The maximum atomic E-state index is 10.4. The predicted octanol–water partition coefficient (Wildman–Crippen LogP) is 1.78. The standard InChI is InChI=1S/C9H12N2O2.ClH/c1-10-6-5-8-3-2-4-9(7-8)11(12)13;/h2-4,7,10H,5-6H2,1H3;1H. The van der Waals surface area contributed by atoms with Gasteiger partial charge >= 0.3 is 0 Å². The van der Waals surface area contributed by atoms with Crippen LogP contribution in [-0.2, 0) is 6.42 Å². The first kappa shape index (κ1) is 12.9. The first-order valence-electron chi connectivity index (χ1n) is 4.12. The molecular formula is C9H13ClN2O2. The Kier molecular flexibility index (Phi) is 5.83. The van der Waals surface area contributed by atoms with E-state index in [9.17, 15) is 10.1 Å². The van der Waals surface area contributed by atoms with Gasteiger partial charge in [0, 0.05) is 12.1 Å². The van der Waals surface area contributed by atoms with Crippen molar-refractivity contribution in [2.75, 3.05) is 13.6 Å². The van der Waals surface area contributed by atoms with Crippen molar-refractivity contribution in [3.05, 3.63) is 39.9 Å². The summed E-state index contributed by atoms with van der Waals surface area (Å²) >= 11 is 0. The molecule has 0 aliphatic rings. The number of nitro benzene ring substituents is 1. The Bertz CT molecular complexity index is 305. The largest absolute Gasteiger partial charge is 0.319 e. The van der Waals surface area contributed by atoms with Gasteiger partial charge in [-0.2, -0.15) is 0 Å². The summed E-state index contributed by atoms with van der Waals surface area (Å²) < 4.78 is 0. The second kappa shape index (κ2) is 6.34. The molecule has 0 radical (unpaired) electrons. The average Bonchev–Trinajstić information content (AvgIpc) is 2.15.